The van der Waals surface area contributed by atoms with E-state index in [1.54, 1.807) is 13.3 Å². The van der Waals surface area contributed by atoms with Crippen LogP contribution in [0.1, 0.15) is 17.3 Å². The van der Waals surface area contributed by atoms with Gasteiger partial charge in [0.25, 0.3) is 0 Å². The molecule has 0 fully saturated rings. The third-order valence-electron chi connectivity index (χ3n) is 3.09. The van der Waals surface area contributed by atoms with E-state index in [1.165, 1.54) is 0 Å². The average Bonchev–Trinajstić information content (AvgIpc) is 2.47. The van der Waals surface area contributed by atoms with Crippen LogP contribution < -0.4 is 0 Å². The van der Waals surface area contributed by atoms with E-state index in [2.05, 4.69) is 9.97 Å². The van der Waals surface area contributed by atoms with Crippen molar-refractivity contribution in [3.8, 4) is 11.3 Å². The quantitative estimate of drug-likeness (QED) is 0.652. The molecule has 0 aliphatic rings. The molecule has 0 N–H and O–H groups in total. The molecule has 3 aromatic rings. The molecule has 3 nitrogen and oxygen atoms in total. The lowest BCUT2D eigenvalue weighted by Gasteiger charge is -2.06. The van der Waals surface area contributed by atoms with Gasteiger partial charge in [-0.3, -0.25) is 4.79 Å². The molecular formula is C16H12N2O. The van der Waals surface area contributed by atoms with Gasteiger partial charge < -0.3 is 0 Å². The summed E-state index contributed by atoms with van der Waals surface area (Å²) in [5.41, 5.74) is 3.39. The van der Waals surface area contributed by atoms with Crippen LogP contribution in [0, 0.1) is 0 Å². The van der Waals surface area contributed by atoms with Crippen molar-refractivity contribution in [2.24, 2.45) is 0 Å². The molecule has 0 atom stereocenters. The van der Waals surface area contributed by atoms with Crippen molar-refractivity contribution in [2.75, 3.05) is 0 Å². The fraction of sp³-hybridized carbons (Fsp3) is 0.0625. The first-order valence-electron chi connectivity index (χ1n) is 6.07. The van der Waals surface area contributed by atoms with Crippen molar-refractivity contribution in [2.45, 2.75) is 6.92 Å². The van der Waals surface area contributed by atoms with Gasteiger partial charge in [0.2, 0.25) is 0 Å². The lowest BCUT2D eigenvalue weighted by atomic mass is 10.0. The Balaban J connectivity index is 2.24. The smallest absolute Gasteiger partial charge is 0.159 e. The summed E-state index contributed by atoms with van der Waals surface area (Å²) >= 11 is 0. The van der Waals surface area contributed by atoms with Gasteiger partial charge in [0.05, 0.1) is 11.2 Å². The standard InChI is InChI=1S/C16H12N2O/c1-11(19)12-5-4-6-13(9-12)16-14-7-2-3-8-15(14)17-10-18-16/h2-10H,1H3. The molecule has 0 bridgehead atoms. The highest BCUT2D eigenvalue weighted by Gasteiger charge is 2.07. The zero-order valence-electron chi connectivity index (χ0n) is 10.5. The van der Waals surface area contributed by atoms with Gasteiger partial charge in [0, 0.05) is 16.5 Å². The second kappa shape index (κ2) is 4.61. The van der Waals surface area contributed by atoms with E-state index in [0.29, 0.717) is 5.56 Å². The van der Waals surface area contributed by atoms with Gasteiger partial charge in [-0.05, 0) is 19.1 Å². The van der Waals surface area contributed by atoms with Gasteiger partial charge >= 0.3 is 0 Å². The van der Waals surface area contributed by atoms with Gasteiger partial charge in [-0.15, -0.1) is 0 Å². The monoisotopic (exact) mass is 248 g/mol. The van der Waals surface area contributed by atoms with Crippen molar-refractivity contribution in [3.63, 3.8) is 0 Å². The topological polar surface area (TPSA) is 42.9 Å². The molecule has 0 radical (unpaired) electrons. The summed E-state index contributed by atoms with van der Waals surface area (Å²) in [6.45, 7) is 1.57. The average molecular weight is 248 g/mol. The third kappa shape index (κ3) is 2.10. The molecule has 92 valence electrons. The first-order valence-corrected chi connectivity index (χ1v) is 6.07. The molecular weight excluding hydrogens is 236 g/mol. The van der Waals surface area contributed by atoms with Gasteiger partial charge in [-0.2, -0.15) is 0 Å². The van der Waals surface area contributed by atoms with Crippen molar-refractivity contribution in [1.82, 2.24) is 9.97 Å². The van der Waals surface area contributed by atoms with Crippen LogP contribution in [0.2, 0.25) is 0 Å². The molecule has 0 saturated heterocycles. The molecule has 1 heterocycles. The van der Waals surface area contributed by atoms with E-state index in [4.69, 9.17) is 0 Å². The van der Waals surface area contributed by atoms with Gasteiger partial charge in [0.15, 0.2) is 5.78 Å². The first kappa shape index (κ1) is 11.5. The molecule has 0 aliphatic carbocycles. The lowest BCUT2D eigenvalue weighted by molar-refractivity contribution is 0.101. The highest BCUT2D eigenvalue weighted by molar-refractivity contribution is 5.97. The number of hydrogen-bond donors (Lipinski definition) is 0. The molecule has 0 spiro atoms. The number of rotatable bonds is 2. The van der Waals surface area contributed by atoms with E-state index >= 15 is 0 Å². The second-order valence-electron chi connectivity index (χ2n) is 4.38. The highest BCUT2D eigenvalue weighted by Crippen LogP contribution is 2.25. The zero-order chi connectivity index (χ0) is 13.2. The van der Waals surface area contributed by atoms with Crippen molar-refractivity contribution in [1.29, 1.82) is 0 Å². The SMILES string of the molecule is CC(=O)c1cccc(-c2ncnc3ccccc23)c1. The molecule has 0 unspecified atom stereocenters. The predicted molar refractivity (Wildman–Crippen MR) is 75.0 cm³/mol. The van der Waals surface area contributed by atoms with E-state index < -0.39 is 0 Å². The Kier molecular flexibility index (Phi) is 2.80. The number of benzene rings is 2. The number of hydrogen-bond acceptors (Lipinski definition) is 3. The summed E-state index contributed by atoms with van der Waals surface area (Å²) in [5.74, 6) is 0.0558. The summed E-state index contributed by atoms with van der Waals surface area (Å²) in [6.07, 6.45) is 1.55. The molecule has 3 rings (SSSR count). The molecule has 19 heavy (non-hydrogen) atoms. The first-order chi connectivity index (χ1) is 9.25. The summed E-state index contributed by atoms with van der Waals surface area (Å²) in [6, 6.07) is 15.4. The summed E-state index contributed by atoms with van der Waals surface area (Å²) in [5, 5.41) is 0.991. The molecule has 2 aromatic carbocycles. The minimum atomic E-state index is 0.0558. The third-order valence-corrected chi connectivity index (χ3v) is 3.09. The maximum Gasteiger partial charge on any atom is 0.159 e. The Labute approximate surface area is 111 Å². The minimum Gasteiger partial charge on any atom is -0.295 e. The number of aromatic nitrogens is 2. The van der Waals surface area contributed by atoms with Crippen LogP contribution in [-0.4, -0.2) is 15.8 Å². The fourth-order valence-corrected chi connectivity index (χ4v) is 2.12. The normalized spacial score (nSPS) is 10.6. The van der Waals surface area contributed by atoms with Crippen LogP contribution >= 0.6 is 0 Å². The second-order valence-corrected chi connectivity index (χ2v) is 4.38. The molecule has 1 aromatic heterocycles. The number of para-hydroxylation sites is 1. The highest BCUT2D eigenvalue weighted by atomic mass is 16.1. The van der Waals surface area contributed by atoms with Gasteiger partial charge in [-0.1, -0.05) is 36.4 Å². The van der Waals surface area contributed by atoms with Crippen molar-refractivity contribution >= 4 is 16.7 Å². The van der Waals surface area contributed by atoms with Crippen molar-refractivity contribution < 1.29 is 4.79 Å². The Morgan fingerprint density at radius 1 is 1.00 bits per heavy atom. The minimum absolute atomic E-state index is 0.0558. The van der Waals surface area contributed by atoms with E-state index in [0.717, 1.165) is 22.2 Å². The van der Waals surface area contributed by atoms with E-state index in [9.17, 15) is 4.79 Å². The number of carbonyl (C=O) groups excluding carboxylic acids is 1. The van der Waals surface area contributed by atoms with Crippen LogP contribution in [-0.2, 0) is 0 Å². The fourth-order valence-electron chi connectivity index (χ4n) is 2.12. The Bertz CT molecular complexity index is 760. The molecule has 0 aliphatic heterocycles. The zero-order valence-corrected chi connectivity index (χ0v) is 10.5. The predicted octanol–water partition coefficient (Wildman–Crippen LogP) is 3.50. The van der Waals surface area contributed by atoms with Gasteiger partial charge in [0.1, 0.15) is 6.33 Å². The molecule has 0 amide bonds. The largest absolute Gasteiger partial charge is 0.295 e. The Hall–Kier alpha value is -2.55. The number of carbonyl (C=O) groups is 1. The summed E-state index contributed by atoms with van der Waals surface area (Å²) in [4.78, 5) is 20.1. The number of Topliss-reactive ketones (excluding diaryl/α,β-unsaturated/α-hetero) is 1. The number of ketones is 1. The summed E-state index contributed by atoms with van der Waals surface area (Å²) < 4.78 is 0. The van der Waals surface area contributed by atoms with E-state index in [-0.39, 0.29) is 5.78 Å². The Morgan fingerprint density at radius 3 is 2.68 bits per heavy atom. The van der Waals surface area contributed by atoms with Crippen LogP contribution in [0.3, 0.4) is 0 Å². The van der Waals surface area contributed by atoms with Crippen LogP contribution in [0.5, 0.6) is 0 Å². The maximum absolute atomic E-state index is 11.5. The molecule has 3 heteroatoms. The maximum atomic E-state index is 11.5. The van der Waals surface area contributed by atoms with Crippen LogP contribution in [0.4, 0.5) is 0 Å². The van der Waals surface area contributed by atoms with Crippen LogP contribution in [0.25, 0.3) is 22.2 Å². The lowest BCUT2D eigenvalue weighted by Crippen LogP contribution is -1.94. The number of nitrogens with zero attached hydrogens (tertiary/aromatic N) is 2. The van der Waals surface area contributed by atoms with Gasteiger partial charge in [-0.25, -0.2) is 9.97 Å². The summed E-state index contributed by atoms with van der Waals surface area (Å²) in [7, 11) is 0. The van der Waals surface area contributed by atoms with Crippen molar-refractivity contribution in [3.05, 3.63) is 60.4 Å². The van der Waals surface area contributed by atoms with E-state index in [1.807, 2.05) is 48.5 Å². The van der Waals surface area contributed by atoms with Crippen LogP contribution in [0.15, 0.2) is 54.9 Å². The number of fused-ring (bicyclic) bond motifs is 1. The Morgan fingerprint density at radius 2 is 1.84 bits per heavy atom. The molecule has 0 saturated carbocycles.